The number of carbonyl (C=O) groups is 2. The van der Waals surface area contributed by atoms with Gasteiger partial charge in [0, 0.05) is 18.3 Å². The van der Waals surface area contributed by atoms with Crippen LogP contribution in [0.3, 0.4) is 0 Å². The summed E-state index contributed by atoms with van der Waals surface area (Å²) in [7, 11) is 0. The summed E-state index contributed by atoms with van der Waals surface area (Å²) < 4.78 is 12.8. The van der Waals surface area contributed by atoms with Crippen LogP contribution in [0.15, 0.2) is 24.3 Å². The minimum absolute atomic E-state index is 0.389. The number of hydrogen-bond acceptors (Lipinski definition) is 3. The van der Waals surface area contributed by atoms with Crippen LogP contribution >= 0.6 is 0 Å². The van der Waals surface area contributed by atoms with E-state index in [1.165, 1.54) is 24.3 Å². The highest BCUT2D eigenvalue weighted by Gasteiger charge is 2.22. The van der Waals surface area contributed by atoms with Crippen LogP contribution in [0.1, 0.15) is 26.7 Å². The molecule has 0 aliphatic carbocycles. The Morgan fingerprint density at radius 2 is 1.78 bits per heavy atom. The molecule has 1 aromatic carbocycles. The molecule has 2 N–H and O–H groups in total. The molecule has 1 aliphatic rings. The standard InChI is InChI=1S/C17H24FN3O2/c1-12(2)21-9-7-13(8-10-21)11-19-16(22)17(23)20-15-5-3-14(18)4-6-15/h3-6,12-13H,7-11H2,1-2H3,(H,19,22)(H,20,23). The zero-order valence-corrected chi connectivity index (χ0v) is 13.6. The number of halogens is 1. The molecule has 0 bridgehead atoms. The van der Waals surface area contributed by atoms with Gasteiger partial charge < -0.3 is 15.5 Å². The lowest BCUT2D eigenvalue weighted by atomic mass is 9.96. The molecule has 2 rings (SSSR count). The number of piperidine rings is 1. The van der Waals surface area contributed by atoms with Crippen molar-refractivity contribution in [2.75, 3.05) is 25.0 Å². The number of anilines is 1. The Morgan fingerprint density at radius 3 is 2.35 bits per heavy atom. The Kier molecular flexibility index (Phi) is 6.10. The molecule has 0 atom stereocenters. The zero-order valence-electron chi connectivity index (χ0n) is 13.6. The third kappa shape index (κ3) is 5.32. The van der Waals surface area contributed by atoms with Crippen LogP contribution in [0.4, 0.5) is 10.1 Å². The van der Waals surface area contributed by atoms with Crippen molar-refractivity contribution in [3.8, 4) is 0 Å². The number of amides is 2. The van der Waals surface area contributed by atoms with Gasteiger partial charge in [0.2, 0.25) is 0 Å². The second kappa shape index (κ2) is 8.06. The number of nitrogens with zero attached hydrogens (tertiary/aromatic N) is 1. The summed E-state index contributed by atoms with van der Waals surface area (Å²) in [5, 5.41) is 5.14. The van der Waals surface area contributed by atoms with Gasteiger partial charge in [-0.3, -0.25) is 9.59 Å². The number of hydrogen-bond donors (Lipinski definition) is 2. The van der Waals surface area contributed by atoms with Crippen molar-refractivity contribution >= 4 is 17.5 Å². The number of rotatable bonds is 4. The van der Waals surface area contributed by atoms with Gasteiger partial charge in [0.05, 0.1) is 0 Å². The zero-order chi connectivity index (χ0) is 16.8. The highest BCUT2D eigenvalue weighted by Crippen LogP contribution is 2.18. The third-order valence-corrected chi connectivity index (χ3v) is 4.24. The first-order valence-corrected chi connectivity index (χ1v) is 8.04. The van der Waals surface area contributed by atoms with Crippen LogP contribution in [0, 0.1) is 11.7 Å². The van der Waals surface area contributed by atoms with E-state index in [1.54, 1.807) is 0 Å². The summed E-state index contributed by atoms with van der Waals surface area (Å²) in [6, 6.07) is 5.85. The SMILES string of the molecule is CC(C)N1CCC(CNC(=O)C(=O)Nc2ccc(F)cc2)CC1. The Labute approximate surface area is 136 Å². The fourth-order valence-corrected chi connectivity index (χ4v) is 2.71. The molecule has 0 saturated carbocycles. The Balaban J connectivity index is 1.72. The van der Waals surface area contributed by atoms with Crippen molar-refractivity contribution in [1.29, 1.82) is 0 Å². The van der Waals surface area contributed by atoms with Crippen LogP contribution in [0.5, 0.6) is 0 Å². The maximum atomic E-state index is 12.8. The number of nitrogens with one attached hydrogen (secondary N) is 2. The van der Waals surface area contributed by atoms with Crippen molar-refractivity contribution in [3.63, 3.8) is 0 Å². The highest BCUT2D eigenvalue weighted by molar-refractivity contribution is 6.39. The molecule has 1 aliphatic heterocycles. The predicted octanol–water partition coefficient (Wildman–Crippen LogP) is 2.00. The fraction of sp³-hybridized carbons (Fsp3) is 0.529. The molecule has 0 spiro atoms. The Bertz CT molecular complexity index is 537. The minimum atomic E-state index is -0.726. The van der Waals surface area contributed by atoms with E-state index in [2.05, 4.69) is 29.4 Å². The first-order chi connectivity index (χ1) is 11.0. The van der Waals surface area contributed by atoms with Gasteiger partial charge in [0.15, 0.2) is 0 Å². The summed E-state index contributed by atoms with van der Waals surface area (Å²) in [6.45, 7) is 6.94. The van der Waals surface area contributed by atoms with Crippen LogP contribution in [0.25, 0.3) is 0 Å². The second-order valence-corrected chi connectivity index (χ2v) is 6.24. The van der Waals surface area contributed by atoms with E-state index in [1.807, 2.05) is 0 Å². The van der Waals surface area contributed by atoms with Gasteiger partial charge in [-0.25, -0.2) is 4.39 Å². The van der Waals surface area contributed by atoms with E-state index < -0.39 is 11.8 Å². The van der Waals surface area contributed by atoms with Gasteiger partial charge in [-0.1, -0.05) is 0 Å². The number of benzene rings is 1. The maximum absolute atomic E-state index is 12.8. The van der Waals surface area contributed by atoms with Gasteiger partial charge in [-0.15, -0.1) is 0 Å². The van der Waals surface area contributed by atoms with E-state index in [0.29, 0.717) is 24.2 Å². The molecule has 1 fully saturated rings. The van der Waals surface area contributed by atoms with Gasteiger partial charge >= 0.3 is 11.8 Å². The maximum Gasteiger partial charge on any atom is 0.313 e. The molecule has 0 radical (unpaired) electrons. The number of carbonyl (C=O) groups excluding carboxylic acids is 2. The summed E-state index contributed by atoms with van der Waals surface area (Å²) in [5.74, 6) is -1.36. The summed E-state index contributed by atoms with van der Waals surface area (Å²) in [4.78, 5) is 26.0. The van der Waals surface area contributed by atoms with Crippen molar-refractivity contribution in [2.24, 2.45) is 5.92 Å². The summed E-state index contributed by atoms with van der Waals surface area (Å²) in [6.07, 6.45) is 2.05. The topological polar surface area (TPSA) is 61.4 Å². The fourth-order valence-electron chi connectivity index (χ4n) is 2.71. The Hall–Kier alpha value is -1.95. The molecule has 6 heteroatoms. The third-order valence-electron chi connectivity index (χ3n) is 4.24. The van der Waals surface area contributed by atoms with Crippen molar-refractivity contribution in [3.05, 3.63) is 30.1 Å². The van der Waals surface area contributed by atoms with E-state index in [9.17, 15) is 14.0 Å². The molecule has 126 valence electrons. The molecule has 5 nitrogen and oxygen atoms in total. The van der Waals surface area contributed by atoms with Gasteiger partial charge in [-0.05, 0) is 70.0 Å². The summed E-state index contributed by atoms with van der Waals surface area (Å²) >= 11 is 0. The van der Waals surface area contributed by atoms with E-state index in [-0.39, 0.29) is 5.82 Å². The van der Waals surface area contributed by atoms with E-state index >= 15 is 0 Å². The lowest BCUT2D eigenvalue weighted by molar-refractivity contribution is -0.136. The van der Waals surface area contributed by atoms with Gasteiger partial charge in [0.1, 0.15) is 5.82 Å². The molecule has 1 aromatic rings. The van der Waals surface area contributed by atoms with Crippen LogP contribution in [-0.4, -0.2) is 42.4 Å². The molecule has 1 saturated heterocycles. The predicted molar refractivity (Wildman–Crippen MR) is 87.5 cm³/mol. The van der Waals surface area contributed by atoms with Gasteiger partial charge in [0.25, 0.3) is 0 Å². The first-order valence-electron chi connectivity index (χ1n) is 8.04. The molecule has 1 heterocycles. The quantitative estimate of drug-likeness (QED) is 0.834. The van der Waals surface area contributed by atoms with E-state index in [4.69, 9.17) is 0 Å². The van der Waals surface area contributed by atoms with Crippen molar-refractivity contribution in [2.45, 2.75) is 32.7 Å². The monoisotopic (exact) mass is 321 g/mol. The lowest BCUT2D eigenvalue weighted by Gasteiger charge is -2.34. The average Bonchev–Trinajstić information content (AvgIpc) is 2.55. The van der Waals surface area contributed by atoms with Crippen LogP contribution < -0.4 is 10.6 Å². The Morgan fingerprint density at radius 1 is 1.17 bits per heavy atom. The van der Waals surface area contributed by atoms with Crippen molar-refractivity contribution < 1.29 is 14.0 Å². The average molecular weight is 321 g/mol. The molecule has 2 amide bonds. The molecule has 0 aromatic heterocycles. The van der Waals surface area contributed by atoms with Crippen molar-refractivity contribution in [1.82, 2.24) is 10.2 Å². The normalized spacial score (nSPS) is 16.3. The lowest BCUT2D eigenvalue weighted by Crippen LogP contribution is -2.43. The second-order valence-electron chi connectivity index (χ2n) is 6.24. The highest BCUT2D eigenvalue weighted by atomic mass is 19.1. The first kappa shape index (κ1) is 17.4. The van der Waals surface area contributed by atoms with Crippen LogP contribution in [-0.2, 0) is 9.59 Å². The molecule has 0 unspecified atom stereocenters. The molecule has 23 heavy (non-hydrogen) atoms. The number of likely N-dealkylation sites (tertiary alicyclic amines) is 1. The van der Waals surface area contributed by atoms with Crippen LogP contribution in [0.2, 0.25) is 0 Å². The molecular weight excluding hydrogens is 297 g/mol. The largest absolute Gasteiger partial charge is 0.348 e. The summed E-state index contributed by atoms with van der Waals surface area (Å²) in [5.41, 5.74) is 0.400. The minimum Gasteiger partial charge on any atom is -0.348 e. The smallest absolute Gasteiger partial charge is 0.313 e. The van der Waals surface area contributed by atoms with E-state index in [0.717, 1.165) is 25.9 Å². The molecular formula is C17H24FN3O2. The van der Waals surface area contributed by atoms with Gasteiger partial charge in [-0.2, -0.15) is 0 Å².